The lowest BCUT2D eigenvalue weighted by atomic mass is 10.1. The van der Waals surface area contributed by atoms with Gasteiger partial charge in [0.05, 0.1) is 5.56 Å². The van der Waals surface area contributed by atoms with E-state index >= 15 is 0 Å². The van der Waals surface area contributed by atoms with E-state index < -0.39 is 0 Å². The summed E-state index contributed by atoms with van der Waals surface area (Å²) < 4.78 is 5.55. The summed E-state index contributed by atoms with van der Waals surface area (Å²) in [5, 5.41) is 0. The zero-order valence-corrected chi connectivity index (χ0v) is 8.82. The third kappa shape index (κ3) is 1.94. The first-order valence-corrected chi connectivity index (χ1v) is 5.22. The Bertz CT molecular complexity index is 405. The molecule has 2 nitrogen and oxygen atoms in total. The van der Waals surface area contributed by atoms with Gasteiger partial charge in [0.15, 0.2) is 5.78 Å². The number of aryl methyl sites for hydroxylation is 1. The van der Waals surface area contributed by atoms with Gasteiger partial charge in [-0.3, -0.25) is 4.79 Å². The van der Waals surface area contributed by atoms with Crippen molar-refractivity contribution in [2.45, 2.75) is 19.8 Å². The van der Waals surface area contributed by atoms with E-state index in [4.69, 9.17) is 4.74 Å². The average molecular weight is 202 g/mol. The molecule has 2 rings (SSSR count). The SMILES string of the molecule is C/C=C/COc1cccc2c1C(=O)CC2. The van der Waals surface area contributed by atoms with Crippen molar-refractivity contribution in [1.29, 1.82) is 0 Å². The van der Waals surface area contributed by atoms with Gasteiger partial charge in [0.2, 0.25) is 0 Å². The smallest absolute Gasteiger partial charge is 0.167 e. The first-order valence-electron chi connectivity index (χ1n) is 5.22. The first kappa shape index (κ1) is 9.97. The van der Waals surface area contributed by atoms with Crippen LogP contribution in [0.2, 0.25) is 0 Å². The quantitative estimate of drug-likeness (QED) is 0.704. The molecule has 0 bridgehead atoms. The molecule has 0 saturated heterocycles. The van der Waals surface area contributed by atoms with Crippen molar-refractivity contribution >= 4 is 5.78 Å². The van der Waals surface area contributed by atoms with E-state index in [1.165, 1.54) is 0 Å². The molecular weight excluding hydrogens is 188 g/mol. The Morgan fingerprint density at radius 3 is 3.07 bits per heavy atom. The third-order valence-corrected chi connectivity index (χ3v) is 2.58. The molecule has 0 aliphatic heterocycles. The normalized spacial score (nSPS) is 14.6. The van der Waals surface area contributed by atoms with Gasteiger partial charge in [-0.05, 0) is 25.0 Å². The number of carbonyl (C=O) groups is 1. The Hall–Kier alpha value is -1.57. The lowest BCUT2D eigenvalue weighted by Crippen LogP contribution is -2.00. The number of allylic oxidation sites excluding steroid dienone is 1. The van der Waals surface area contributed by atoms with E-state index in [9.17, 15) is 4.79 Å². The van der Waals surface area contributed by atoms with Crippen LogP contribution in [0.3, 0.4) is 0 Å². The minimum absolute atomic E-state index is 0.209. The van der Waals surface area contributed by atoms with Gasteiger partial charge in [-0.2, -0.15) is 0 Å². The van der Waals surface area contributed by atoms with Crippen LogP contribution in [0, 0.1) is 0 Å². The lowest BCUT2D eigenvalue weighted by molar-refractivity contribution is 0.0991. The van der Waals surface area contributed by atoms with E-state index in [1.54, 1.807) is 0 Å². The fourth-order valence-electron chi connectivity index (χ4n) is 1.83. The summed E-state index contributed by atoms with van der Waals surface area (Å²) in [7, 11) is 0. The third-order valence-electron chi connectivity index (χ3n) is 2.58. The van der Waals surface area contributed by atoms with Crippen molar-refractivity contribution in [2.24, 2.45) is 0 Å². The molecule has 0 saturated carbocycles. The van der Waals surface area contributed by atoms with Crippen LogP contribution in [0.5, 0.6) is 5.75 Å². The van der Waals surface area contributed by atoms with Crippen LogP contribution < -0.4 is 4.74 Å². The van der Waals surface area contributed by atoms with Crippen LogP contribution in [-0.2, 0) is 6.42 Å². The van der Waals surface area contributed by atoms with Crippen molar-refractivity contribution in [3.8, 4) is 5.75 Å². The van der Waals surface area contributed by atoms with Crippen LogP contribution >= 0.6 is 0 Å². The summed E-state index contributed by atoms with van der Waals surface area (Å²) in [5.74, 6) is 0.939. The molecule has 0 N–H and O–H groups in total. The second kappa shape index (κ2) is 4.30. The highest BCUT2D eigenvalue weighted by molar-refractivity contribution is 6.02. The molecule has 1 aliphatic rings. The van der Waals surface area contributed by atoms with E-state index in [1.807, 2.05) is 37.3 Å². The Balaban J connectivity index is 2.24. The first-order chi connectivity index (χ1) is 7.33. The molecular formula is C13H14O2. The summed E-state index contributed by atoms with van der Waals surface area (Å²) in [4.78, 5) is 11.6. The number of benzene rings is 1. The number of rotatable bonds is 3. The van der Waals surface area contributed by atoms with E-state index in [0.29, 0.717) is 13.0 Å². The van der Waals surface area contributed by atoms with Crippen LogP contribution in [0.25, 0.3) is 0 Å². The number of hydrogen-bond acceptors (Lipinski definition) is 2. The van der Waals surface area contributed by atoms with Crippen molar-refractivity contribution < 1.29 is 9.53 Å². The minimum atomic E-state index is 0.209. The van der Waals surface area contributed by atoms with Crippen molar-refractivity contribution in [2.75, 3.05) is 6.61 Å². The Morgan fingerprint density at radius 1 is 1.40 bits per heavy atom. The van der Waals surface area contributed by atoms with Gasteiger partial charge in [-0.25, -0.2) is 0 Å². The number of hydrogen-bond donors (Lipinski definition) is 0. The monoisotopic (exact) mass is 202 g/mol. The fraction of sp³-hybridized carbons (Fsp3) is 0.308. The van der Waals surface area contributed by atoms with E-state index in [0.717, 1.165) is 23.3 Å². The van der Waals surface area contributed by atoms with Gasteiger partial charge in [0.1, 0.15) is 12.4 Å². The van der Waals surface area contributed by atoms with Gasteiger partial charge in [0, 0.05) is 6.42 Å². The number of carbonyl (C=O) groups excluding carboxylic acids is 1. The van der Waals surface area contributed by atoms with E-state index in [-0.39, 0.29) is 5.78 Å². The average Bonchev–Trinajstić information content (AvgIpc) is 2.62. The topological polar surface area (TPSA) is 26.3 Å². The molecule has 0 unspecified atom stereocenters. The predicted molar refractivity (Wildman–Crippen MR) is 59.4 cm³/mol. The van der Waals surface area contributed by atoms with Crippen molar-refractivity contribution in [1.82, 2.24) is 0 Å². The Kier molecular flexibility index (Phi) is 2.86. The molecule has 2 heteroatoms. The molecule has 15 heavy (non-hydrogen) atoms. The molecule has 78 valence electrons. The van der Waals surface area contributed by atoms with Gasteiger partial charge in [-0.15, -0.1) is 0 Å². The van der Waals surface area contributed by atoms with Crippen molar-refractivity contribution in [3.63, 3.8) is 0 Å². The molecule has 1 aliphatic carbocycles. The number of ether oxygens (including phenoxy) is 1. The Labute approximate surface area is 89.6 Å². The highest BCUT2D eigenvalue weighted by Gasteiger charge is 2.23. The van der Waals surface area contributed by atoms with E-state index in [2.05, 4.69) is 0 Å². The molecule has 1 aromatic rings. The van der Waals surface area contributed by atoms with Crippen LogP contribution in [0.1, 0.15) is 29.3 Å². The summed E-state index contributed by atoms with van der Waals surface area (Å²) in [6.45, 7) is 2.48. The molecule has 0 atom stereocenters. The molecule has 1 aromatic carbocycles. The van der Waals surface area contributed by atoms with Gasteiger partial charge in [-0.1, -0.05) is 24.3 Å². The van der Waals surface area contributed by atoms with Crippen LogP contribution in [0.4, 0.5) is 0 Å². The summed E-state index contributed by atoms with van der Waals surface area (Å²) >= 11 is 0. The summed E-state index contributed by atoms with van der Waals surface area (Å²) in [6.07, 6.45) is 5.35. The minimum Gasteiger partial charge on any atom is -0.489 e. The summed E-state index contributed by atoms with van der Waals surface area (Å²) in [6, 6.07) is 5.82. The maximum Gasteiger partial charge on any atom is 0.167 e. The number of fused-ring (bicyclic) bond motifs is 1. The molecule has 0 amide bonds. The highest BCUT2D eigenvalue weighted by atomic mass is 16.5. The molecule has 0 radical (unpaired) electrons. The second-order valence-electron chi connectivity index (χ2n) is 3.59. The fourth-order valence-corrected chi connectivity index (χ4v) is 1.83. The number of ketones is 1. The lowest BCUT2D eigenvalue weighted by Gasteiger charge is -2.07. The molecule has 0 heterocycles. The van der Waals surface area contributed by atoms with Crippen molar-refractivity contribution in [3.05, 3.63) is 41.5 Å². The molecule has 0 fully saturated rings. The standard InChI is InChI=1S/C13H14O2/c1-2-3-9-15-12-6-4-5-10-7-8-11(14)13(10)12/h2-6H,7-9H2,1H3/b3-2+. The highest BCUT2D eigenvalue weighted by Crippen LogP contribution is 2.30. The number of Topliss-reactive ketones (excluding diaryl/α,β-unsaturated/α-hetero) is 1. The maximum absolute atomic E-state index is 11.6. The maximum atomic E-state index is 11.6. The predicted octanol–water partition coefficient (Wildman–Crippen LogP) is 2.77. The molecule has 0 spiro atoms. The summed E-state index contributed by atoms with van der Waals surface area (Å²) in [5.41, 5.74) is 1.92. The zero-order valence-electron chi connectivity index (χ0n) is 8.82. The Morgan fingerprint density at radius 2 is 2.27 bits per heavy atom. The van der Waals surface area contributed by atoms with Gasteiger partial charge < -0.3 is 4.74 Å². The van der Waals surface area contributed by atoms with Crippen LogP contribution in [-0.4, -0.2) is 12.4 Å². The van der Waals surface area contributed by atoms with Crippen LogP contribution in [0.15, 0.2) is 30.4 Å². The second-order valence-corrected chi connectivity index (χ2v) is 3.59. The zero-order chi connectivity index (χ0) is 10.7. The molecule has 0 aromatic heterocycles. The largest absolute Gasteiger partial charge is 0.489 e. The van der Waals surface area contributed by atoms with Gasteiger partial charge in [0.25, 0.3) is 0 Å². The van der Waals surface area contributed by atoms with Gasteiger partial charge >= 0.3 is 0 Å².